The van der Waals surface area contributed by atoms with Gasteiger partial charge in [0, 0.05) is 49.9 Å². The Morgan fingerprint density at radius 3 is 1.48 bits per heavy atom. The van der Waals surface area contributed by atoms with E-state index in [0.717, 1.165) is 80.8 Å². The van der Waals surface area contributed by atoms with Crippen molar-refractivity contribution in [3.63, 3.8) is 0 Å². The van der Waals surface area contributed by atoms with Crippen LogP contribution in [0.1, 0.15) is 155 Å². The van der Waals surface area contributed by atoms with Gasteiger partial charge in [-0.1, -0.05) is 138 Å². The van der Waals surface area contributed by atoms with Crippen molar-refractivity contribution in [2.75, 3.05) is 9.71 Å². The number of anilines is 5. The predicted molar refractivity (Wildman–Crippen MR) is 301 cm³/mol. The van der Waals surface area contributed by atoms with E-state index in [0.29, 0.717) is 0 Å². The van der Waals surface area contributed by atoms with E-state index in [1.807, 2.05) is 0 Å². The average molecular weight is 931 g/mol. The number of hydrogen-bond acceptors (Lipinski definition) is 4. The van der Waals surface area contributed by atoms with Gasteiger partial charge in [-0.3, -0.25) is 0 Å². The number of furan rings is 2. The second-order valence-electron chi connectivity index (χ2n) is 26.4. The summed E-state index contributed by atoms with van der Waals surface area (Å²) < 4.78 is 14.6. The predicted octanol–water partition coefficient (Wildman–Crippen LogP) is 17.2. The molecule has 0 fully saturated rings. The van der Waals surface area contributed by atoms with Gasteiger partial charge < -0.3 is 18.5 Å². The van der Waals surface area contributed by atoms with E-state index in [-0.39, 0.29) is 39.3 Å². The average Bonchev–Trinajstić information content (AvgIpc) is 3.91. The van der Waals surface area contributed by atoms with E-state index < -0.39 is 0 Å². The highest BCUT2D eigenvalue weighted by Crippen LogP contribution is 2.57. The lowest BCUT2D eigenvalue weighted by Gasteiger charge is -2.49. The first-order chi connectivity index (χ1) is 33.7. The van der Waals surface area contributed by atoms with Crippen LogP contribution in [0.25, 0.3) is 55.0 Å². The smallest absolute Gasteiger partial charge is 0.333 e. The zero-order valence-corrected chi connectivity index (χ0v) is 44.0. The molecule has 0 spiro atoms. The summed E-state index contributed by atoms with van der Waals surface area (Å²) in [5.41, 5.74) is 23.6. The molecule has 0 saturated carbocycles. The van der Waals surface area contributed by atoms with E-state index in [1.165, 1.54) is 85.5 Å². The Balaban J connectivity index is 1.18. The van der Waals surface area contributed by atoms with Crippen LogP contribution in [0.3, 0.4) is 0 Å². The lowest BCUT2D eigenvalue weighted by atomic mass is 9.42. The van der Waals surface area contributed by atoms with E-state index in [9.17, 15) is 0 Å². The maximum absolute atomic E-state index is 7.37. The summed E-state index contributed by atoms with van der Waals surface area (Å²) in [6, 6.07) is 44.8. The lowest BCUT2D eigenvalue weighted by molar-refractivity contribution is 0.332. The van der Waals surface area contributed by atoms with Crippen molar-refractivity contribution >= 4 is 90.1 Å². The van der Waals surface area contributed by atoms with Crippen LogP contribution in [0.15, 0.2) is 124 Å². The Hall–Kier alpha value is -6.20. The standard InChI is InChI=1S/C66H67BN2O2/c1-61(2)27-29-63(5,6)47-33-38(21-24-45(47)61)68-53-37-50-49(65(9,10)31-32-66(50,11)12)36-51(53)67-57-44(35-43-41-18-14-16-20-55(41)71-60(43)58(57)68)56-52(26-23-42-40-17-13-15-19-54(40)70-59(42)56)69(67)39-22-25-46-48(34-39)64(7,8)30-28-62(46,3)4/h13-26,33-37H,27-32H2,1-12H3. The number of rotatable bonds is 2. The molecule has 4 nitrogen and oxygen atoms in total. The molecule has 3 aliphatic carbocycles. The third-order valence-electron chi connectivity index (χ3n) is 19.2. The number of hydrogen-bond donors (Lipinski definition) is 0. The van der Waals surface area contributed by atoms with Gasteiger partial charge in [0.05, 0.1) is 5.69 Å². The molecule has 0 unspecified atom stereocenters. The van der Waals surface area contributed by atoms with Gasteiger partial charge in [-0.25, -0.2) is 0 Å². The summed E-state index contributed by atoms with van der Waals surface area (Å²) in [7, 11) is 0. The van der Waals surface area contributed by atoms with Crippen LogP contribution in [-0.2, 0) is 32.5 Å². The summed E-state index contributed by atoms with van der Waals surface area (Å²) in [6.45, 7) is 29.4. The maximum atomic E-state index is 7.37. The molecule has 71 heavy (non-hydrogen) atoms. The quantitative estimate of drug-likeness (QED) is 0.162. The van der Waals surface area contributed by atoms with Crippen LogP contribution >= 0.6 is 0 Å². The van der Waals surface area contributed by atoms with Crippen molar-refractivity contribution in [1.29, 1.82) is 0 Å². The minimum absolute atomic E-state index is 0.00277. The minimum atomic E-state index is -0.185. The van der Waals surface area contributed by atoms with Crippen LogP contribution in [-0.4, -0.2) is 6.85 Å². The van der Waals surface area contributed by atoms with Gasteiger partial charge in [0.15, 0.2) is 5.58 Å². The molecule has 2 aliphatic heterocycles. The van der Waals surface area contributed by atoms with Crippen LogP contribution < -0.4 is 20.6 Å². The topological polar surface area (TPSA) is 32.8 Å². The fourth-order valence-electron chi connectivity index (χ4n) is 14.5. The van der Waals surface area contributed by atoms with Crippen molar-refractivity contribution in [3.8, 4) is 11.1 Å². The maximum Gasteiger partial charge on any atom is 0.333 e. The van der Waals surface area contributed by atoms with Gasteiger partial charge in [-0.2, -0.15) is 0 Å². The molecular formula is C66H67BN2O2. The molecule has 5 heteroatoms. The van der Waals surface area contributed by atoms with Crippen molar-refractivity contribution in [2.24, 2.45) is 0 Å². The molecule has 4 heterocycles. The Morgan fingerprint density at radius 2 is 0.887 bits per heavy atom. The fraction of sp³-hybridized carbons (Fsp3) is 0.364. The molecule has 0 radical (unpaired) electrons. The number of benzene rings is 7. The molecule has 9 aromatic rings. The summed E-state index contributed by atoms with van der Waals surface area (Å²) >= 11 is 0. The molecule has 14 rings (SSSR count). The zero-order chi connectivity index (χ0) is 49.1. The molecule has 0 bridgehead atoms. The summed E-state index contributed by atoms with van der Waals surface area (Å²) in [4.78, 5) is 5.38. The molecule has 5 aliphatic rings. The monoisotopic (exact) mass is 931 g/mol. The minimum Gasteiger partial charge on any atom is -0.455 e. The van der Waals surface area contributed by atoms with Crippen molar-refractivity contribution in [1.82, 2.24) is 0 Å². The van der Waals surface area contributed by atoms with Gasteiger partial charge in [0.25, 0.3) is 0 Å². The first-order valence-electron chi connectivity index (χ1n) is 26.7. The Labute approximate surface area is 420 Å². The lowest BCUT2D eigenvalue weighted by Crippen LogP contribution is -2.62. The van der Waals surface area contributed by atoms with Crippen LogP contribution in [0, 0.1) is 0 Å². The van der Waals surface area contributed by atoms with Crippen LogP contribution in [0.5, 0.6) is 0 Å². The van der Waals surface area contributed by atoms with E-state index >= 15 is 0 Å². The zero-order valence-electron chi connectivity index (χ0n) is 44.0. The Kier molecular flexibility index (Phi) is 8.50. The highest BCUT2D eigenvalue weighted by atomic mass is 16.3. The summed E-state index contributed by atoms with van der Waals surface area (Å²) in [6.07, 6.45) is 6.93. The fourth-order valence-corrected chi connectivity index (χ4v) is 14.5. The first-order valence-corrected chi connectivity index (χ1v) is 26.7. The number of fused-ring (bicyclic) bond motifs is 15. The van der Waals surface area contributed by atoms with Crippen molar-refractivity contribution < 1.29 is 8.83 Å². The molecule has 0 amide bonds. The summed E-state index contributed by atoms with van der Waals surface area (Å²) in [5, 5.41) is 4.54. The molecule has 2 aromatic heterocycles. The molecule has 356 valence electrons. The second kappa shape index (κ2) is 13.8. The molecule has 0 atom stereocenters. The van der Waals surface area contributed by atoms with Crippen molar-refractivity contribution in [2.45, 2.75) is 154 Å². The summed E-state index contributed by atoms with van der Waals surface area (Å²) in [5.74, 6) is 0. The van der Waals surface area contributed by atoms with Crippen LogP contribution in [0.4, 0.5) is 28.4 Å². The van der Waals surface area contributed by atoms with Crippen LogP contribution in [0.2, 0.25) is 0 Å². The number of nitrogens with zero attached hydrogens (tertiary/aromatic N) is 2. The Bertz CT molecular complexity index is 3810. The SMILES string of the molecule is CC1(C)CCC(C)(C)c2cc(N3B4c5cc6c(cc5N(c5ccc7c(c5)C(C)(C)CCC7(C)C)c5c4c(cc4c5oc5ccccc54)-c4c3ccc3c4oc4ccccc43)C(C)(C)CCC6(C)C)ccc21. The highest BCUT2D eigenvalue weighted by Gasteiger charge is 2.51. The highest BCUT2D eigenvalue weighted by molar-refractivity contribution is 6.94. The third-order valence-corrected chi connectivity index (χ3v) is 19.2. The largest absolute Gasteiger partial charge is 0.455 e. The molecular weight excluding hydrogens is 864 g/mol. The third kappa shape index (κ3) is 5.87. The van der Waals surface area contributed by atoms with Crippen molar-refractivity contribution in [3.05, 3.63) is 149 Å². The second-order valence-corrected chi connectivity index (χ2v) is 26.4. The van der Waals surface area contributed by atoms with Gasteiger partial charge in [-0.05, 0) is 182 Å². The van der Waals surface area contributed by atoms with E-state index in [2.05, 4.69) is 208 Å². The Morgan fingerprint density at radius 1 is 0.408 bits per heavy atom. The van der Waals surface area contributed by atoms with Gasteiger partial charge in [-0.15, -0.1) is 0 Å². The van der Waals surface area contributed by atoms with Gasteiger partial charge in [0.1, 0.15) is 16.7 Å². The van der Waals surface area contributed by atoms with E-state index in [4.69, 9.17) is 8.83 Å². The van der Waals surface area contributed by atoms with E-state index in [1.54, 1.807) is 0 Å². The molecule has 0 N–H and O–H groups in total. The van der Waals surface area contributed by atoms with Gasteiger partial charge in [0.2, 0.25) is 0 Å². The normalized spacial score (nSPS) is 20.4. The molecule has 7 aromatic carbocycles. The van der Waals surface area contributed by atoms with Gasteiger partial charge >= 0.3 is 6.85 Å². The molecule has 0 saturated heterocycles. The number of para-hydroxylation sites is 2. The first kappa shape index (κ1) is 43.6.